The second-order valence-electron chi connectivity index (χ2n) is 7.60. The van der Waals surface area contributed by atoms with Gasteiger partial charge in [-0.25, -0.2) is 0 Å². The molecule has 1 aromatic heterocycles. The van der Waals surface area contributed by atoms with E-state index in [0.717, 1.165) is 47.3 Å². The largest absolute Gasteiger partial charge is 0.455 e. The Morgan fingerprint density at radius 3 is 2.48 bits per heavy atom. The maximum Gasteiger partial charge on any atom is 0.168 e. The van der Waals surface area contributed by atoms with E-state index in [0.29, 0.717) is 12.2 Å². The van der Waals surface area contributed by atoms with Crippen LogP contribution in [0.15, 0.2) is 52.9 Å². The minimum Gasteiger partial charge on any atom is -0.455 e. The van der Waals surface area contributed by atoms with Crippen LogP contribution in [-0.2, 0) is 0 Å². The first-order chi connectivity index (χ1) is 13.2. The number of Topliss-reactive ketones (excluding diaryl/α,β-unsaturated/α-hetero) is 1. The molecule has 0 radical (unpaired) electrons. The first kappa shape index (κ1) is 18.0. The number of hydrogen-bond acceptors (Lipinski definition) is 3. The Hall–Kier alpha value is -2.39. The van der Waals surface area contributed by atoms with Crippen LogP contribution in [0.2, 0.25) is 0 Å². The molecule has 0 bridgehead atoms. The van der Waals surface area contributed by atoms with Gasteiger partial charge in [-0.3, -0.25) is 4.79 Å². The first-order valence-corrected chi connectivity index (χ1v) is 10.1. The number of carbonyl (C=O) groups excluding carboxylic acids is 1. The lowest BCUT2D eigenvalue weighted by molar-refractivity contribution is 0.0966. The summed E-state index contributed by atoms with van der Waals surface area (Å²) in [4.78, 5) is 15.7. The summed E-state index contributed by atoms with van der Waals surface area (Å²) in [6.07, 6.45) is 5.67. The molecule has 0 amide bonds. The van der Waals surface area contributed by atoms with Crippen molar-refractivity contribution in [3.05, 3.63) is 59.7 Å². The van der Waals surface area contributed by atoms with Gasteiger partial charge in [0.2, 0.25) is 0 Å². The zero-order valence-electron chi connectivity index (χ0n) is 16.0. The number of ketones is 1. The molecule has 0 atom stereocenters. The van der Waals surface area contributed by atoms with Crippen LogP contribution >= 0.6 is 0 Å². The van der Waals surface area contributed by atoms with Gasteiger partial charge in [-0.15, -0.1) is 0 Å². The van der Waals surface area contributed by atoms with E-state index in [4.69, 9.17) is 4.42 Å². The second kappa shape index (κ2) is 8.10. The number of furan rings is 1. The smallest absolute Gasteiger partial charge is 0.168 e. The average Bonchev–Trinajstić information content (AvgIpc) is 2.87. The number of hydrogen-bond donors (Lipinski definition) is 0. The Morgan fingerprint density at radius 2 is 1.74 bits per heavy atom. The number of carbonyl (C=O) groups is 1. The summed E-state index contributed by atoms with van der Waals surface area (Å²) < 4.78 is 6.14. The van der Waals surface area contributed by atoms with Gasteiger partial charge in [0.15, 0.2) is 5.78 Å². The summed E-state index contributed by atoms with van der Waals surface area (Å²) in [5.74, 6) is 0.888. The van der Waals surface area contributed by atoms with Gasteiger partial charge in [0.1, 0.15) is 11.3 Å². The van der Waals surface area contributed by atoms with Gasteiger partial charge in [-0.05, 0) is 45.0 Å². The summed E-state index contributed by atoms with van der Waals surface area (Å²) in [6.45, 7) is 5.12. The SMILES string of the molecule is Cc1ccc2oc(-c3ccccc3)c(C(=O)CCN3CCCCCC3)c2c1. The van der Waals surface area contributed by atoms with Crippen molar-refractivity contribution in [3.8, 4) is 11.3 Å². The van der Waals surface area contributed by atoms with Crippen molar-refractivity contribution in [2.45, 2.75) is 39.0 Å². The third-order valence-corrected chi connectivity index (χ3v) is 5.51. The van der Waals surface area contributed by atoms with Crippen molar-refractivity contribution < 1.29 is 9.21 Å². The second-order valence-corrected chi connectivity index (χ2v) is 7.60. The predicted octanol–water partition coefficient (Wildman–Crippen LogP) is 5.86. The minimum absolute atomic E-state index is 0.183. The maximum absolute atomic E-state index is 13.3. The average molecular weight is 361 g/mol. The number of nitrogens with zero attached hydrogens (tertiary/aromatic N) is 1. The monoisotopic (exact) mass is 361 g/mol. The summed E-state index contributed by atoms with van der Waals surface area (Å²) in [7, 11) is 0. The van der Waals surface area contributed by atoms with Crippen LogP contribution in [0.1, 0.15) is 48.0 Å². The van der Waals surface area contributed by atoms with Crippen molar-refractivity contribution in [1.29, 1.82) is 0 Å². The Bertz CT molecular complexity index is 918. The van der Waals surface area contributed by atoms with Crippen LogP contribution in [0.5, 0.6) is 0 Å². The number of fused-ring (bicyclic) bond motifs is 1. The fraction of sp³-hybridized carbons (Fsp3) is 0.375. The highest BCUT2D eigenvalue weighted by Gasteiger charge is 2.22. The highest BCUT2D eigenvalue weighted by Crippen LogP contribution is 2.35. The van der Waals surface area contributed by atoms with E-state index in [-0.39, 0.29) is 5.78 Å². The van der Waals surface area contributed by atoms with E-state index in [2.05, 4.69) is 17.9 Å². The molecule has 1 fully saturated rings. The molecule has 1 aliphatic heterocycles. The van der Waals surface area contributed by atoms with Crippen LogP contribution in [0, 0.1) is 6.92 Å². The fourth-order valence-electron chi connectivity index (χ4n) is 4.03. The highest BCUT2D eigenvalue weighted by atomic mass is 16.3. The van der Waals surface area contributed by atoms with E-state index in [1.807, 2.05) is 42.5 Å². The van der Waals surface area contributed by atoms with Crippen molar-refractivity contribution in [2.75, 3.05) is 19.6 Å². The molecule has 4 rings (SSSR count). The Morgan fingerprint density at radius 1 is 1.00 bits per heavy atom. The number of rotatable bonds is 5. The van der Waals surface area contributed by atoms with Gasteiger partial charge >= 0.3 is 0 Å². The summed E-state index contributed by atoms with van der Waals surface area (Å²) in [5.41, 5.74) is 3.64. The van der Waals surface area contributed by atoms with Crippen LogP contribution < -0.4 is 0 Å². The lowest BCUT2D eigenvalue weighted by Crippen LogP contribution is -2.27. The summed E-state index contributed by atoms with van der Waals surface area (Å²) in [5, 5.41) is 0.940. The topological polar surface area (TPSA) is 33.5 Å². The van der Waals surface area contributed by atoms with E-state index in [1.54, 1.807) is 0 Å². The number of aryl methyl sites for hydroxylation is 1. The Balaban J connectivity index is 1.66. The lowest BCUT2D eigenvalue weighted by Gasteiger charge is -2.19. The van der Waals surface area contributed by atoms with Crippen LogP contribution in [-0.4, -0.2) is 30.3 Å². The van der Waals surface area contributed by atoms with Crippen LogP contribution in [0.3, 0.4) is 0 Å². The molecule has 0 unspecified atom stereocenters. The van der Waals surface area contributed by atoms with Crippen molar-refractivity contribution in [2.24, 2.45) is 0 Å². The van der Waals surface area contributed by atoms with Gasteiger partial charge in [0, 0.05) is 23.9 Å². The third kappa shape index (κ3) is 3.98. The third-order valence-electron chi connectivity index (χ3n) is 5.51. The van der Waals surface area contributed by atoms with Gasteiger partial charge < -0.3 is 9.32 Å². The van der Waals surface area contributed by atoms with E-state index >= 15 is 0 Å². The molecule has 0 N–H and O–H groups in total. The quantitative estimate of drug-likeness (QED) is 0.534. The van der Waals surface area contributed by atoms with E-state index in [9.17, 15) is 4.79 Å². The zero-order valence-corrected chi connectivity index (χ0v) is 16.0. The number of benzene rings is 2. The van der Waals surface area contributed by atoms with E-state index in [1.165, 1.54) is 25.7 Å². The minimum atomic E-state index is 0.183. The Labute approximate surface area is 161 Å². The van der Waals surface area contributed by atoms with Crippen LogP contribution in [0.25, 0.3) is 22.3 Å². The molecule has 1 saturated heterocycles. The standard InChI is InChI=1S/C24H27NO2/c1-18-11-12-22-20(17-18)23(24(27-22)19-9-5-4-6-10-19)21(26)13-16-25-14-7-2-3-8-15-25/h4-6,9-12,17H,2-3,7-8,13-16H2,1H3. The van der Waals surface area contributed by atoms with Crippen molar-refractivity contribution >= 4 is 16.8 Å². The summed E-state index contributed by atoms with van der Waals surface area (Å²) in [6, 6.07) is 16.1. The van der Waals surface area contributed by atoms with Gasteiger partial charge in [0.05, 0.1) is 5.56 Å². The molecule has 0 saturated carbocycles. The van der Waals surface area contributed by atoms with Gasteiger partial charge in [-0.2, -0.15) is 0 Å². The fourth-order valence-corrected chi connectivity index (χ4v) is 4.03. The molecule has 27 heavy (non-hydrogen) atoms. The Kier molecular flexibility index (Phi) is 5.40. The molecule has 0 spiro atoms. The van der Waals surface area contributed by atoms with Gasteiger partial charge in [-0.1, -0.05) is 54.8 Å². The molecule has 3 aromatic rings. The maximum atomic E-state index is 13.3. The lowest BCUT2D eigenvalue weighted by atomic mass is 9.99. The normalized spacial score (nSPS) is 15.7. The molecule has 3 heteroatoms. The molecule has 2 aromatic carbocycles. The first-order valence-electron chi connectivity index (χ1n) is 10.1. The van der Waals surface area contributed by atoms with Crippen LogP contribution in [0.4, 0.5) is 0 Å². The molecule has 2 heterocycles. The molecular weight excluding hydrogens is 334 g/mol. The van der Waals surface area contributed by atoms with Crippen molar-refractivity contribution in [1.82, 2.24) is 4.90 Å². The molecule has 0 aliphatic carbocycles. The molecule has 1 aliphatic rings. The molecule has 3 nitrogen and oxygen atoms in total. The summed E-state index contributed by atoms with van der Waals surface area (Å²) >= 11 is 0. The molecular formula is C24H27NO2. The highest BCUT2D eigenvalue weighted by molar-refractivity contribution is 6.12. The van der Waals surface area contributed by atoms with E-state index < -0.39 is 0 Å². The zero-order chi connectivity index (χ0) is 18.6. The number of likely N-dealkylation sites (tertiary alicyclic amines) is 1. The van der Waals surface area contributed by atoms with Crippen molar-refractivity contribution in [3.63, 3.8) is 0 Å². The van der Waals surface area contributed by atoms with Gasteiger partial charge in [0.25, 0.3) is 0 Å². The predicted molar refractivity (Wildman–Crippen MR) is 110 cm³/mol. The molecule has 140 valence electrons.